The SMILES string of the molecule is CCOC(=O)c1cc(/C=C2/C(=O)N(C)C(=O)N(C)[C]2=[V])[nH]c1C. The maximum absolute atomic E-state index is 12.3. The molecule has 0 aromatic carbocycles. The van der Waals surface area contributed by atoms with E-state index in [0.29, 0.717) is 33.5 Å². The Bertz CT molecular complexity index is 709. The van der Waals surface area contributed by atoms with Gasteiger partial charge in [-0.2, -0.15) is 0 Å². The Morgan fingerprint density at radius 2 is 2.00 bits per heavy atom. The number of aromatic amines is 1. The first-order chi connectivity index (χ1) is 10.8. The molecule has 2 rings (SSSR count). The Balaban J connectivity index is 2.40. The number of carbonyl (C=O) groups is 3. The zero-order chi connectivity index (χ0) is 17.3. The third kappa shape index (κ3) is 3.16. The van der Waals surface area contributed by atoms with Crippen LogP contribution in [0.1, 0.15) is 28.7 Å². The first-order valence-electron chi connectivity index (χ1n) is 6.98. The van der Waals surface area contributed by atoms with Crippen molar-refractivity contribution < 1.29 is 36.1 Å². The monoisotopic (exact) mass is 354 g/mol. The van der Waals surface area contributed by atoms with E-state index in [2.05, 4.69) is 22.0 Å². The second-order valence-corrected chi connectivity index (χ2v) is 5.73. The molecule has 23 heavy (non-hydrogen) atoms. The van der Waals surface area contributed by atoms with E-state index in [-0.39, 0.29) is 0 Å². The molecule has 0 unspecified atom stereocenters. The van der Waals surface area contributed by atoms with Crippen LogP contribution >= 0.6 is 0 Å². The molecule has 0 bridgehead atoms. The number of nitrogens with zero attached hydrogens (tertiary/aromatic N) is 2. The van der Waals surface area contributed by atoms with Crippen molar-refractivity contribution in [2.45, 2.75) is 13.8 Å². The molecule has 1 aliphatic heterocycles. The third-order valence-corrected chi connectivity index (χ3v) is 4.34. The molecule has 1 aromatic rings. The Kier molecular flexibility index (Phi) is 4.92. The summed E-state index contributed by atoms with van der Waals surface area (Å²) in [5, 5.41) is 0. The number of imide groups is 1. The summed E-state index contributed by atoms with van der Waals surface area (Å²) in [6, 6.07) is 1.24. The van der Waals surface area contributed by atoms with Crippen molar-refractivity contribution in [3.63, 3.8) is 0 Å². The van der Waals surface area contributed by atoms with Crippen LogP contribution in [0.15, 0.2) is 11.6 Å². The fraction of sp³-hybridized carbons (Fsp3) is 0.333. The van der Waals surface area contributed by atoms with Gasteiger partial charge >= 0.3 is 142 Å². The van der Waals surface area contributed by atoms with E-state index in [1.165, 1.54) is 11.9 Å². The number of esters is 1. The van der Waals surface area contributed by atoms with Crippen LogP contribution in [-0.4, -0.2) is 57.7 Å². The molecule has 0 spiro atoms. The number of carbonyl (C=O) groups excluding carboxylic acids is 3. The zero-order valence-corrected chi connectivity index (χ0v) is 14.7. The Morgan fingerprint density at radius 3 is 2.61 bits per heavy atom. The van der Waals surface area contributed by atoms with Crippen LogP contribution in [0, 0.1) is 6.92 Å². The van der Waals surface area contributed by atoms with E-state index in [9.17, 15) is 14.4 Å². The molecule has 0 radical (unpaired) electrons. The van der Waals surface area contributed by atoms with E-state index in [1.807, 2.05) is 0 Å². The molecule has 3 amide bonds. The van der Waals surface area contributed by atoms with Crippen LogP contribution in [0.4, 0.5) is 4.79 Å². The van der Waals surface area contributed by atoms with Gasteiger partial charge in [-0.25, -0.2) is 0 Å². The van der Waals surface area contributed by atoms with Gasteiger partial charge in [0.2, 0.25) is 0 Å². The number of urea groups is 1. The van der Waals surface area contributed by atoms with Gasteiger partial charge in [0.1, 0.15) is 0 Å². The number of aryl methyl sites for hydroxylation is 1. The molecule has 0 saturated carbocycles. The van der Waals surface area contributed by atoms with Gasteiger partial charge in [0.05, 0.1) is 0 Å². The Labute approximate surface area is 142 Å². The van der Waals surface area contributed by atoms with E-state index in [1.54, 1.807) is 33.0 Å². The van der Waals surface area contributed by atoms with Gasteiger partial charge in [0.25, 0.3) is 0 Å². The molecular weight excluding hydrogens is 337 g/mol. The zero-order valence-electron chi connectivity index (χ0n) is 13.3. The molecule has 1 aromatic heterocycles. The van der Waals surface area contributed by atoms with Crippen molar-refractivity contribution in [1.82, 2.24) is 14.8 Å². The molecule has 1 saturated heterocycles. The first kappa shape index (κ1) is 17.2. The number of ether oxygens (including phenoxy) is 1. The minimum absolute atomic E-state index is 0.292. The van der Waals surface area contributed by atoms with E-state index < -0.39 is 17.9 Å². The van der Waals surface area contributed by atoms with Gasteiger partial charge in [0, 0.05) is 0 Å². The number of hydrogen-bond donors (Lipinski definition) is 1. The summed E-state index contributed by atoms with van der Waals surface area (Å²) < 4.78 is 5.48. The second-order valence-electron chi connectivity index (χ2n) is 5.07. The molecule has 7 nitrogen and oxygen atoms in total. The number of amides is 3. The average molecular weight is 354 g/mol. The fourth-order valence-electron chi connectivity index (χ4n) is 2.22. The topological polar surface area (TPSA) is 82.7 Å². The van der Waals surface area contributed by atoms with Gasteiger partial charge < -0.3 is 0 Å². The van der Waals surface area contributed by atoms with Crippen molar-refractivity contribution in [2.75, 3.05) is 20.7 Å². The fourth-order valence-corrected chi connectivity index (χ4v) is 2.61. The third-order valence-electron chi connectivity index (χ3n) is 3.50. The number of nitrogens with one attached hydrogen (secondary N) is 1. The summed E-state index contributed by atoms with van der Waals surface area (Å²) in [6.45, 7) is 3.79. The molecule has 1 fully saturated rings. The van der Waals surface area contributed by atoms with Gasteiger partial charge in [-0.05, 0) is 0 Å². The molecule has 0 aliphatic carbocycles. The number of rotatable bonds is 3. The van der Waals surface area contributed by atoms with Gasteiger partial charge in [-0.1, -0.05) is 0 Å². The van der Waals surface area contributed by atoms with Crippen LogP contribution in [0.25, 0.3) is 6.08 Å². The summed E-state index contributed by atoms with van der Waals surface area (Å²) in [4.78, 5) is 41.5. The summed E-state index contributed by atoms with van der Waals surface area (Å²) >= 11 is 2.23. The second kappa shape index (κ2) is 6.56. The molecule has 8 heteroatoms. The van der Waals surface area contributed by atoms with Crippen LogP contribution in [0.3, 0.4) is 0 Å². The van der Waals surface area contributed by atoms with Crippen molar-refractivity contribution in [2.24, 2.45) is 0 Å². The molecule has 1 N–H and O–H groups in total. The minimum atomic E-state index is -0.415. The maximum atomic E-state index is 12.3. The van der Waals surface area contributed by atoms with Gasteiger partial charge in [-0.15, -0.1) is 0 Å². The standard InChI is InChI=1S/C15H17N3O4.V/c1-5-22-14(20)12-7-11(16-9(12)2)6-10-8-17(3)15(21)18(4)13(10)19;/h6-7,16H,5H2,1-4H3;/b10-6+;. The molecule has 121 valence electrons. The normalized spacial score (nSPS) is 17.2. The molecule has 0 atom stereocenters. The van der Waals surface area contributed by atoms with Gasteiger partial charge in [0.15, 0.2) is 0 Å². The van der Waals surface area contributed by atoms with Crippen molar-refractivity contribution in [3.05, 3.63) is 28.6 Å². The van der Waals surface area contributed by atoms with Crippen LogP contribution < -0.4 is 0 Å². The van der Waals surface area contributed by atoms with Crippen molar-refractivity contribution in [3.8, 4) is 0 Å². The van der Waals surface area contributed by atoms with E-state index >= 15 is 0 Å². The molecule has 1 aliphatic rings. The Hall–Kier alpha value is -2.12. The number of H-pyrrole nitrogens is 1. The number of aromatic nitrogens is 1. The predicted octanol–water partition coefficient (Wildman–Crippen LogP) is 1.08. The van der Waals surface area contributed by atoms with E-state index in [0.717, 1.165) is 4.90 Å². The summed E-state index contributed by atoms with van der Waals surface area (Å²) in [7, 11) is 3.02. The van der Waals surface area contributed by atoms with Crippen LogP contribution in [-0.2, 0) is 26.5 Å². The summed E-state index contributed by atoms with van der Waals surface area (Å²) in [5.41, 5.74) is 2.04. The van der Waals surface area contributed by atoms with E-state index in [4.69, 9.17) is 4.74 Å². The summed E-state index contributed by atoms with van der Waals surface area (Å²) in [6.07, 6.45) is 1.62. The summed E-state index contributed by atoms with van der Waals surface area (Å²) in [5.74, 6) is -0.810. The molecular formula is C15H17N3O4V. The molecule has 2 heterocycles. The number of likely N-dealkylation sites (N-methyl/N-ethyl adjacent to an activating group) is 2. The van der Waals surface area contributed by atoms with Crippen molar-refractivity contribution in [1.29, 1.82) is 0 Å². The quantitative estimate of drug-likeness (QED) is 0.651. The number of hydrogen-bond acceptors (Lipinski definition) is 4. The van der Waals surface area contributed by atoms with Crippen molar-refractivity contribution >= 4 is 28.3 Å². The average Bonchev–Trinajstić information content (AvgIpc) is 2.88. The Morgan fingerprint density at radius 1 is 1.35 bits per heavy atom. The van der Waals surface area contributed by atoms with Crippen LogP contribution in [0.2, 0.25) is 0 Å². The predicted molar refractivity (Wildman–Crippen MR) is 80.4 cm³/mol. The van der Waals surface area contributed by atoms with Gasteiger partial charge in [-0.3, -0.25) is 0 Å². The van der Waals surface area contributed by atoms with Crippen LogP contribution in [0.5, 0.6) is 0 Å². The first-order valence-corrected chi connectivity index (χ1v) is 7.68.